The summed E-state index contributed by atoms with van der Waals surface area (Å²) in [6.45, 7) is 2.30. The largest absolute Gasteiger partial charge is 0.291 e. The van der Waals surface area contributed by atoms with Crippen LogP contribution in [0.4, 0.5) is 0 Å². The summed E-state index contributed by atoms with van der Waals surface area (Å²) in [5, 5.41) is 0. The van der Waals surface area contributed by atoms with Crippen LogP contribution in [0, 0.1) is 23.7 Å². The monoisotopic (exact) mass is 249 g/mol. The fraction of sp³-hybridized carbons (Fsp3) is 0.941. The summed E-state index contributed by atoms with van der Waals surface area (Å²) in [6, 6.07) is 0. The second-order valence-corrected chi connectivity index (χ2v) is 6.65. The van der Waals surface area contributed by atoms with Crippen LogP contribution in [0.5, 0.6) is 0 Å². The molecule has 2 aliphatic carbocycles. The molecule has 0 unspecified atom stereocenters. The van der Waals surface area contributed by atoms with Crippen LogP contribution in [0.3, 0.4) is 0 Å². The Labute approximate surface area is 113 Å². The van der Waals surface area contributed by atoms with Gasteiger partial charge >= 0.3 is 0 Å². The molecule has 0 N–H and O–H groups in total. The Bertz CT molecular complexity index is 232. The fourth-order valence-corrected chi connectivity index (χ4v) is 4.15. The summed E-state index contributed by atoms with van der Waals surface area (Å²) >= 11 is 0. The molecule has 1 nitrogen and oxygen atoms in total. The molecular formula is C17H29O. The van der Waals surface area contributed by atoms with E-state index in [4.69, 9.17) is 0 Å². The molecule has 0 aromatic carbocycles. The predicted octanol–water partition coefficient (Wildman–Crippen LogP) is 4.90. The maximum absolute atomic E-state index is 10.7. The van der Waals surface area contributed by atoms with Gasteiger partial charge in [-0.1, -0.05) is 39.0 Å². The summed E-state index contributed by atoms with van der Waals surface area (Å²) in [5.74, 6) is 3.21. The Kier molecular flexibility index (Phi) is 5.72. The van der Waals surface area contributed by atoms with Crippen LogP contribution >= 0.6 is 0 Å². The zero-order valence-electron chi connectivity index (χ0n) is 12.0. The lowest BCUT2D eigenvalue weighted by molar-refractivity contribution is 0.154. The number of carbonyl (C=O) groups excluding carboxylic acids is 1. The molecule has 2 rings (SSSR count). The van der Waals surface area contributed by atoms with Crippen molar-refractivity contribution in [2.75, 3.05) is 0 Å². The molecular weight excluding hydrogens is 220 g/mol. The minimum Gasteiger partial charge on any atom is -0.291 e. The van der Waals surface area contributed by atoms with Crippen molar-refractivity contribution in [1.82, 2.24) is 0 Å². The number of hydrogen-bond acceptors (Lipinski definition) is 1. The maximum Gasteiger partial charge on any atom is 0.201 e. The van der Waals surface area contributed by atoms with Crippen LogP contribution in [-0.2, 0) is 4.79 Å². The molecule has 2 fully saturated rings. The van der Waals surface area contributed by atoms with Crippen molar-refractivity contribution in [2.24, 2.45) is 23.7 Å². The Morgan fingerprint density at radius 1 is 0.889 bits per heavy atom. The van der Waals surface area contributed by atoms with Gasteiger partial charge in [-0.3, -0.25) is 4.79 Å². The molecule has 0 atom stereocenters. The van der Waals surface area contributed by atoms with Crippen molar-refractivity contribution in [3.63, 3.8) is 0 Å². The predicted molar refractivity (Wildman–Crippen MR) is 76.1 cm³/mol. The fourth-order valence-electron chi connectivity index (χ4n) is 4.15. The molecule has 0 aromatic heterocycles. The van der Waals surface area contributed by atoms with E-state index in [1.807, 2.05) is 0 Å². The van der Waals surface area contributed by atoms with Gasteiger partial charge in [0.1, 0.15) is 0 Å². The Morgan fingerprint density at radius 3 is 1.94 bits per heavy atom. The first-order valence-electron chi connectivity index (χ1n) is 8.21. The summed E-state index contributed by atoms with van der Waals surface area (Å²) < 4.78 is 0. The minimum atomic E-state index is 0.266. The van der Waals surface area contributed by atoms with Gasteiger partial charge in [0.25, 0.3) is 0 Å². The van der Waals surface area contributed by atoms with Crippen LogP contribution in [0.1, 0.15) is 77.6 Å². The molecule has 2 saturated carbocycles. The van der Waals surface area contributed by atoms with E-state index in [0.717, 1.165) is 30.6 Å². The molecule has 0 amide bonds. The van der Waals surface area contributed by atoms with Crippen molar-refractivity contribution in [1.29, 1.82) is 0 Å². The van der Waals surface area contributed by atoms with Crippen molar-refractivity contribution < 1.29 is 4.79 Å². The van der Waals surface area contributed by atoms with E-state index < -0.39 is 0 Å². The van der Waals surface area contributed by atoms with Crippen LogP contribution in [0.25, 0.3) is 0 Å². The highest BCUT2D eigenvalue weighted by molar-refractivity contribution is 5.54. The van der Waals surface area contributed by atoms with Gasteiger partial charge in [0.2, 0.25) is 6.29 Å². The summed E-state index contributed by atoms with van der Waals surface area (Å²) in [6.07, 6.45) is 17.2. The molecule has 0 aromatic rings. The average molecular weight is 249 g/mol. The van der Waals surface area contributed by atoms with Gasteiger partial charge in [0.15, 0.2) is 0 Å². The standard InChI is InChI=1S/C17H29O/c1-2-3-4-14-5-9-16(10-6-14)17-11-7-15(13-18)8-12-17/h14-17H,2-12H2,1H3. The van der Waals surface area contributed by atoms with Crippen LogP contribution in [0.15, 0.2) is 0 Å². The van der Waals surface area contributed by atoms with Gasteiger partial charge in [-0.2, -0.15) is 0 Å². The third-order valence-corrected chi connectivity index (χ3v) is 5.46. The number of hydrogen-bond donors (Lipinski definition) is 0. The summed E-state index contributed by atoms with van der Waals surface area (Å²) in [4.78, 5) is 10.7. The third kappa shape index (κ3) is 3.83. The van der Waals surface area contributed by atoms with Crippen LogP contribution in [-0.4, -0.2) is 6.29 Å². The van der Waals surface area contributed by atoms with E-state index in [9.17, 15) is 4.79 Å². The number of unbranched alkanes of at least 4 members (excludes halogenated alkanes) is 1. The van der Waals surface area contributed by atoms with Gasteiger partial charge in [-0.25, -0.2) is 0 Å². The molecule has 0 aliphatic heterocycles. The molecule has 1 heteroatoms. The van der Waals surface area contributed by atoms with E-state index in [-0.39, 0.29) is 5.92 Å². The molecule has 2 aliphatic rings. The van der Waals surface area contributed by atoms with Gasteiger partial charge in [-0.05, 0) is 56.3 Å². The van der Waals surface area contributed by atoms with Crippen LogP contribution in [0.2, 0.25) is 0 Å². The summed E-state index contributed by atoms with van der Waals surface area (Å²) in [5.41, 5.74) is 0. The first-order valence-corrected chi connectivity index (χ1v) is 8.21. The molecule has 1 radical (unpaired) electrons. The van der Waals surface area contributed by atoms with Gasteiger partial charge in [-0.15, -0.1) is 0 Å². The quantitative estimate of drug-likeness (QED) is 0.677. The van der Waals surface area contributed by atoms with E-state index in [0.29, 0.717) is 0 Å². The first-order chi connectivity index (χ1) is 8.83. The van der Waals surface area contributed by atoms with E-state index in [2.05, 4.69) is 13.2 Å². The Hall–Kier alpha value is -0.330. The lowest BCUT2D eigenvalue weighted by Crippen LogP contribution is -2.26. The zero-order valence-corrected chi connectivity index (χ0v) is 12.0. The van der Waals surface area contributed by atoms with E-state index in [1.165, 1.54) is 57.8 Å². The molecule has 0 saturated heterocycles. The first kappa shape index (κ1) is 14.1. The molecule has 103 valence electrons. The van der Waals surface area contributed by atoms with Crippen molar-refractivity contribution >= 4 is 6.29 Å². The third-order valence-electron chi connectivity index (χ3n) is 5.46. The molecule has 0 heterocycles. The SMILES string of the molecule is CCCCC1CCC(C2CCC([C]=O)CC2)CC1. The molecule has 18 heavy (non-hydrogen) atoms. The van der Waals surface area contributed by atoms with Gasteiger partial charge < -0.3 is 0 Å². The highest BCUT2D eigenvalue weighted by Crippen LogP contribution is 2.41. The normalized spacial score (nSPS) is 37.4. The van der Waals surface area contributed by atoms with Crippen molar-refractivity contribution in [3.05, 3.63) is 0 Å². The second kappa shape index (κ2) is 7.31. The van der Waals surface area contributed by atoms with E-state index in [1.54, 1.807) is 0 Å². The van der Waals surface area contributed by atoms with E-state index >= 15 is 0 Å². The lowest BCUT2D eigenvalue weighted by atomic mass is 9.69. The smallest absolute Gasteiger partial charge is 0.201 e. The van der Waals surface area contributed by atoms with Crippen LogP contribution < -0.4 is 0 Å². The van der Waals surface area contributed by atoms with Crippen molar-refractivity contribution in [3.8, 4) is 0 Å². The molecule has 0 spiro atoms. The van der Waals surface area contributed by atoms with Gasteiger partial charge in [0.05, 0.1) is 0 Å². The minimum absolute atomic E-state index is 0.266. The Balaban J connectivity index is 1.68. The Morgan fingerprint density at radius 2 is 1.44 bits per heavy atom. The highest BCUT2D eigenvalue weighted by Gasteiger charge is 2.30. The summed E-state index contributed by atoms with van der Waals surface area (Å²) in [7, 11) is 0. The average Bonchev–Trinajstić information content (AvgIpc) is 2.46. The maximum atomic E-state index is 10.7. The van der Waals surface area contributed by atoms with Crippen molar-refractivity contribution in [2.45, 2.75) is 77.6 Å². The highest BCUT2D eigenvalue weighted by atomic mass is 16.1. The zero-order chi connectivity index (χ0) is 12.8. The second-order valence-electron chi connectivity index (χ2n) is 6.65. The lowest BCUT2D eigenvalue weighted by Gasteiger charge is -2.36. The number of rotatable bonds is 5. The van der Waals surface area contributed by atoms with Gasteiger partial charge in [0, 0.05) is 5.92 Å². The molecule has 0 bridgehead atoms. The topological polar surface area (TPSA) is 17.1 Å².